The number of anilines is 1. The minimum atomic E-state index is -4.77. The van der Waals surface area contributed by atoms with Crippen molar-refractivity contribution in [2.45, 2.75) is 12.8 Å². The summed E-state index contributed by atoms with van der Waals surface area (Å²) in [5.74, 6) is -2.15. The third kappa shape index (κ3) is 5.00. The van der Waals surface area contributed by atoms with E-state index in [0.29, 0.717) is 5.56 Å². The first-order valence-corrected chi connectivity index (χ1v) is 8.91. The van der Waals surface area contributed by atoms with Crippen molar-refractivity contribution in [3.8, 4) is 22.9 Å². The number of nitrogens with one attached hydrogen (secondary N) is 1. The lowest BCUT2D eigenvalue weighted by atomic mass is 10.2. The molecule has 13 heteroatoms. The summed E-state index contributed by atoms with van der Waals surface area (Å²) in [5, 5.41) is 5.58. The quantitative estimate of drug-likeness (QED) is 0.490. The van der Waals surface area contributed by atoms with Crippen LogP contribution < -0.4 is 5.32 Å². The molecule has 0 saturated heterocycles. The molecule has 4 aromatic heterocycles. The molecule has 0 spiro atoms. The number of ether oxygens (including phenoxy) is 1. The monoisotopic (exact) mass is 443 g/mol. The molecular formula is C19H12F3N7O3. The van der Waals surface area contributed by atoms with Gasteiger partial charge in [-0.05, 0) is 18.2 Å². The van der Waals surface area contributed by atoms with Crippen LogP contribution in [0, 0.1) is 0 Å². The van der Waals surface area contributed by atoms with Gasteiger partial charge in [-0.2, -0.15) is 18.2 Å². The van der Waals surface area contributed by atoms with Gasteiger partial charge in [0.25, 0.3) is 0 Å². The maximum absolute atomic E-state index is 12.5. The van der Waals surface area contributed by atoms with E-state index in [2.05, 4.69) is 39.9 Å². The van der Waals surface area contributed by atoms with Crippen LogP contribution in [-0.2, 0) is 17.5 Å². The molecule has 0 aliphatic heterocycles. The Morgan fingerprint density at radius 3 is 2.47 bits per heavy atom. The van der Waals surface area contributed by atoms with E-state index < -0.39 is 24.0 Å². The molecule has 0 aliphatic rings. The average molecular weight is 443 g/mol. The van der Waals surface area contributed by atoms with Crippen LogP contribution in [-0.4, -0.2) is 36.2 Å². The van der Waals surface area contributed by atoms with Crippen LogP contribution in [0.25, 0.3) is 22.9 Å². The van der Waals surface area contributed by atoms with Crippen molar-refractivity contribution in [2.75, 3.05) is 5.32 Å². The molecule has 0 aromatic carbocycles. The van der Waals surface area contributed by atoms with Gasteiger partial charge in [-0.1, -0.05) is 11.2 Å². The Morgan fingerprint density at radius 1 is 1.03 bits per heavy atom. The Kier molecular flexibility index (Phi) is 5.70. The number of hydrogen-bond acceptors (Lipinski definition) is 9. The van der Waals surface area contributed by atoms with Crippen LogP contribution in [0.1, 0.15) is 11.5 Å². The fraction of sp³-hybridized carbons (Fsp3) is 0.105. The zero-order chi connectivity index (χ0) is 22.6. The molecule has 4 rings (SSSR count). The van der Waals surface area contributed by atoms with E-state index in [0.717, 1.165) is 23.7 Å². The van der Waals surface area contributed by atoms with Gasteiger partial charge in [-0.3, -0.25) is 15.3 Å². The van der Waals surface area contributed by atoms with E-state index >= 15 is 0 Å². The molecule has 162 valence electrons. The molecule has 0 aliphatic carbocycles. The van der Waals surface area contributed by atoms with Crippen LogP contribution in [0.2, 0.25) is 0 Å². The van der Waals surface area contributed by atoms with Gasteiger partial charge < -0.3 is 9.26 Å². The van der Waals surface area contributed by atoms with Crippen molar-refractivity contribution in [2.24, 2.45) is 0 Å². The summed E-state index contributed by atoms with van der Waals surface area (Å²) in [6, 6.07) is 7.22. The number of rotatable bonds is 5. The Bertz CT molecular complexity index is 1200. The first-order chi connectivity index (χ1) is 15.4. The van der Waals surface area contributed by atoms with Crippen LogP contribution in [0.5, 0.6) is 0 Å². The first-order valence-electron chi connectivity index (χ1n) is 8.91. The number of nitrogens with zero attached hydrogens (tertiary/aromatic N) is 6. The molecule has 0 radical (unpaired) electrons. The molecular weight excluding hydrogens is 431 g/mol. The molecule has 0 saturated carbocycles. The third-order valence-corrected chi connectivity index (χ3v) is 3.92. The summed E-state index contributed by atoms with van der Waals surface area (Å²) < 4.78 is 46.8. The second kappa shape index (κ2) is 8.75. The van der Waals surface area contributed by atoms with Gasteiger partial charge in [-0.25, -0.2) is 14.8 Å². The summed E-state index contributed by atoms with van der Waals surface area (Å²) in [6.45, 7) is -0.0336. The van der Waals surface area contributed by atoms with Crippen LogP contribution in [0.15, 0.2) is 59.8 Å². The van der Waals surface area contributed by atoms with Crippen molar-refractivity contribution < 1.29 is 27.2 Å². The van der Waals surface area contributed by atoms with E-state index in [9.17, 15) is 18.0 Å². The summed E-state index contributed by atoms with van der Waals surface area (Å²) in [7, 11) is 0. The lowest BCUT2D eigenvalue weighted by molar-refractivity contribution is -0.159. The number of amides is 1. The average Bonchev–Trinajstić information content (AvgIpc) is 3.30. The maximum atomic E-state index is 12.5. The van der Waals surface area contributed by atoms with Gasteiger partial charge in [0.1, 0.15) is 6.61 Å². The molecule has 32 heavy (non-hydrogen) atoms. The van der Waals surface area contributed by atoms with Crippen molar-refractivity contribution in [1.29, 1.82) is 0 Å². The lowest BCUT2D eigenvalue weighted by Crippen LogP contribution is -2.14. The second-order valence-corrected chi connectivity index (χ2v) is 6.21. The number of carbonyl (C=O) groups excluding carboxylic acids is 1. The molecule has 1 N–H and O–H groups in total. The van der Waals surface area contributed by atoms with Gasteiger partial charge >= 0.3 is 18.2 Å². The number of alkyl halides is 3. The van der Waals surface area contributed by atoms with Crippen molar-refractivity contribution in [1.82, 2.24) is 30.1 Å². The number of pyridine rings is 2. The molecule has 0 unspecified atom stereocenters. The minimum Gasteiger partial charge on any atom is -0.444 e. The van der Waals surface area contributed by atoms with E-state index in [4.69, 9.17) is 4.74 Å². The molecule has 10 nitrogen and oxygen atoms in total. The summed E-state index contributed by atoms with van der Waals surface area (Å²) in [4.78, 5) is 31.1. The van der Waals surface area contributed by atoms with Gasteiger partial charge in [-0.15, -0.1) is 0 Å². The number of aromatic nitrogens is 6. The van der Waals surface area contributed by atoms with E-state index in [1.807, 2.05) is 6.07 Å². The van der Waals surface area contributed by atoms with Crippen LogP contribution in [0.4, 0.5) is 23.7 Å². The Hall–Kier alpha value is -4.42. The summed E-state index contributed by atoms with van der Waals surface area (Å²) >= 11 is 0. The Labute approximate surface area is 177 Å². The lowest BCUT2D eigenvalue weighted by Gasteiger charge is -2.07. The fourth-order valence-corrected chi connectivity index (χ4v) is 2.44. The third-order valence-electron chi connectivity index (χ3n) is 3.92. The van der Waals surface area contributed by atoms with Gasteiger partial charge in [0.15, 0.2) is 0 Å². The van der Waals surface area contributed by atoms with Crippen molar-refractivity contribution in [3.05, 3.63) is 66.7 Å². The minimum absolute atomic E-state index is 0.0336. The Morgan fingerprint density at radius 2 is 1.84 bits per heavy atom. The molecule has 0 atom stereocenters. The van der Waals surface area contributed by atoms with E-state index in [1.54, 1.807) is 36.8 Å². The number of hydrogen-bond donors (Lipinski definition) is 1. The molecule has 0 bridgehead atoms. The van der Waals surface area contributed by atoms with Crippen LogP contribution >= 0.6 is 0 Å². The van der Waals surface area contributed by atoms with E-state index in [-0.39, 0.29) is 18.1 Å². The fourth-order valence-electron chi connectivity index (χ4n) is 2.44. The SMILES string of the molecule is O=C(Nc1cnc(-c2noc(C(F)(F)F)n2)nc1)OCc1ccc(-c2cccnc2)nc1. The van der Waals surface area contributed by atoms with Gasteiger partial charge in [0, 0.05) is 29.7 Å². The first kappa shape index (κ1) is 20.8. The zero-order valence-electron chi connectivity index (χ0n) is 15.9. The van der Waals surface area contributed by atoms with E-state index in [1.165, 1.54) is 0 Å². The second-order valence-electron chi connectivity index (χ2n) is 6.21. The highest BCUT2D eigenvalue weighted by atomic mass is 19.4. The highest BCUT2D eigenvalue weighted by Crippen LogP contribution is 2.28. The van der Waals surface area contributed by atoms with Gasteiger partial charge in [0.05, 0.1) is 23.8 Å². The smallest absolute Gasteiger partial charge is 0.444 e. The van der Waals surface area contributed by atoms with Crippen LogP contribution in [0.3, 0.4) is 0 Å². The molecule has 4 aromatic rings. The zero-order valence-corrected chi connectivity index (χ0v) is 15.9. The number of halogens is 3. The predicted molar refractivity (Wildman–Crippen MR) is 102 cm³/mol. The summed E-state index contributed by atoms with van der Waals surface area (Å²) in [5.41, 5.74) is 2.41. The topological polar surface area (TPSA) is 129 Å². The maximum Gasteiger partial charge on any atom is 0.471 e. The molecule has 1 amide bonds. The highest BCUT2D eigenvalue weighted by molar-refractivity contribution is 5.84. The van der Waals surface area contributed by atoms with Gasteiger partial charge in [0.2, 0.25) is 11.6 Å². The Balaban J connectivity index is 1.31. The highest BCUT2D eigenvalue weighted by Gasteiger charge is 2.38. The molecule has 4 heterocycles. The standard InChI is InChI=1S/C19H12F3N7O3/c20-19(21,22)17-28-16(29-32-17)15-25-8-13(9-26-15)27-18(30)31-10-11-3-4-14(24-6-11)12-2-1-5-23-7-12/h1-9H,10H2,(H,27,30). The largest absolute Gasteiger partial charge is 0.471 e. The summed E-state index contributed by atoms with van der Waals surface area (Å²) in [6.07, 6.45) is 1.70. The van der Waals surface area contributed by atoms with Crippen molar-refractivity contribution in [3.63, 3.8) is 0 Å². The number of carbonyl (C=O) groups is 1. The molecule has 0 fully saturated rings. The normalized spacial score (nSPS) is 11.2. The predicted octanol–water partition coefficient (Wildman–Crippen LogP) is 3.75. The van der Waals surface area contributed by atoms with Crippen molar-refractivity contribution >= 4 is 11.8 Å².